The minimum Gasteiger partial charge on any atom is -0.497 e. The Morgan fingerprint density at radius 3 is 2.70 bits per heavy atom. The topological polar surface area (TPSA) is 75.9 Å². The van der Waals surface area contributed by atoms with Gasteiger partial charge in [0, 0.05) is 44.4 Å². The van der Waals surface area contributed by atoms with Crippen molar-refractivity contribution in [1.29, 1.82) is 0 Å². The second-order valence-electron chi connectivity index (χ2n) is 7.91. The minimum atomic E-state index is 0.196. The lowest BCUT2D eigenvalue weighted by Crippen LogP contribution is -2.49. The number of fused-ring (bicyclic) bond motifs is 1. The van der Waals surface area contributed by atoms with Gasteiger partial charge in [0.15, 0.2) is 0 Å². The fraction of sp³-hybridized carbons (Fsp3) is 0.455. The van der Waals surface area contributed by atoms with Gasteiger partial charge in [0.1, 0.15) is 17.9 Å². The standard InChI is InChI=1S/C22H28N6O2/c1-16(2)19-14-20(24-22-25-23-15-28(19)22)26-9-11-27(12-10-26)21(29)8-7-17-5-4-6-18(13-17)30-3/h4-6,13-16H,7-12H2,1-3H3. The molecule has 0 aliphatic carbocycles. The van der Waals surface area contributed by atoms with Crippen LogP contribution in [-0.2, 0) is 11.2 Å². The SMILES string of the molecule is COc1cccc(CCC(=O)N2CCN(c3cc(C(C)C)n4cnnc4n3)CC2)c1. The van der Waals surface area contributed by atoms with Crippen LogP contribution in [0.1, 0.15) is 37.4 Å². The molecule has 1 aliphatic heterocycles. The van der Waals surface area contributed by atoms with Crippen molar-refractivity contribution < 1.29 is 9.53 Å². The predicted octanol–water partition coefficient (Wildman–Crippen LogP) is 2.54. The number of aromatic nitrogens is 4. The number of piperazine rings is 1. The molecule has 3 heterocycles. The first-order chi connectivity index (χ1) is 14.5. The number of amides is 1. The van der Waals surface area contributed by atoms with Crippen LogP contribution in [-0.4, -0.2) is 63.7 Å². The van der Waals surface area contributed by atoms with Crippen molar-refractivity contribution in [3.63, 3.8) is 0 Å². The van der Waals surface area contributed by atoms with Crippen molar-refractivity contribution in [2.45, 2.75) is 32.6 Å². The fourth-order valence-electron chi connectivity index (χ4n) is 3.85. The Labute approximate surface area is 176 Å². The third kappa shape index (κ3) is 4.22. The molecule has 0 radical (unpaired) electrons. The van der Waals surface area contributed by atoms with E-state index in [4.69, 9.17) is 4.74 Å². The van der Waals surface area contributed by atoms with Crippen molar-refractivity contribution in [3.8, 4) is 5.75 Å². The molecule has 0 N–H and O–H groups in total. The number of benzene rings is 1. The van der Waals surface area contributed by atoms with E-state index in [9.17, 15) is 4.79 Å². The van der Waals surface area contributed by atoms with Crippen molar-refractivity contribution in [2.24, 2.45) is 0 Å². The largest absolute Gasteiger partial charge is 0.497 e. The van der Waals surface area contributed by atoms with Gasteiger partial charge in [0.25, 0.3) is 5.78 Å². The molecule has 8 heteroatoms. The molecule has 1 amide bonds. The number of anilines is 1. The van der Waals surface area contributed by atoms with E-state index in [1.165, 1.54) is 0 Å². The van der Waals surface area contributed by atoms with Crippen LogP contribution < -0.4 is 9.64 Å². The van der Waals surface area contributed by atoms with Crippen molar-refractivity contribution in [2.75, 3.05) is 38.2 Å². The predicted molar refractivity (Wildman–Crippen MR) is 115 cm³/mol. The van der Waals surface area contributed by atoms with Gasteiger partial charge < -0.3 is 14.5 Å². The number of aryl methyl sites for hydroxylation is 1. The summed E-state index contributed by atoms with van der Waals surface area (Å²) < 4.78 is 7.20. The van der Waals surface area contributed by atoms with Gasteiger partial charge in [0.05, 0.1) is 7.11 Å². The Hall–Kier alpha value is -3.16. The van der Waals surface area contributed by atoms with Gasteiger partial charge in [-0.1, -0.05) is 26.0 Å². The maximum absolute atomic E-state index is 12.7. The van der Waals surface area contributed by atoms with Crippen LogP contribution >= 0.6 is 0 Å². The smallest absolute Gasteiger partial charge is 0.256 e. The molecule has 30 heavy (non-hydrogen) atoms. The number of hydrogen-bond acceptors (Lipinski definition) is 6. The lowest BCUT2D eigenvalue weighted by Gasteiger charge is -2.35. The Bertz CT molecular complexity index is 1020. The monoisotopic (exact) mass is 408 g/mol. The zero-order valence-electron chi connectivity index (χ0n) is 17.8. The van der Waals surface area contributed by atoms with Gasteiger partial charge in [-0.3, -0.25) is 9.20 Å². The Balaban J connectivity index is 1.36. The van der Waals surface area contributed by atoms with Crippen LogP contribution in [0.15, 0.2) is 36.7 Å². The van der Waals surface area contributed by atoms with Crippen molar-refractivity contribution >= 4 is 17.5 Å². The first kappa shape index (κ1) is 20.1. The average Bonchev–Trinajstić information content (AvgIpc) is 3.25. The van der Waals surface area contributed by atoms with E-state index in [0.29, 0.717) is 31.2 Å². The highest BCUT2D eigenvalue weighted by atomic mass is 16.5. The molecule has 158 valence electrons. The summed E-state index contributed by atoms with van der Waals surface area (Å²) in [6, 6.07) is 10.0. The highest BCUT2D eigenvalue weighted by molar-refractivity contribution is 5.76. The van der Waals surface area contributed by atoms with Crippen molar-refractivity contribution in [3.05, 3.63) is 47.9 Å². The van der Waals surface area contributed by atoms with Gasteiger partial charge in [0.2, 0.25) is 5.91 Å². The molecule has 1 fully saturated rings. The van der Waals surface area contributed by atoms with Crippen LogP contribution in [0.4, 0.5) is 5.82 Å². The summed E-state index contributed by atoms with van der Waals surface area (Å²) in [6.45, 7) is 7.23. The van der Waals surface area contributed by atoms with E-state index in [-0.39, 0.29) is 5.91 Å². The summed E-state index contributed by atoms with van der Waals surface area (Å²) in [5, 5.41) is 8.12. The minimum absolute atomic E-state index is 0.196. The highest BCUT2D eigenvalue weighted by Crippen LogP contribution is 2.22. The lowest BCUT2D eigenvalue weighted by atomic mass is 10.1. The second kappa shape index (κ2) is 8.69. The molecular formula is C22H28N6O2. The number of ether oxygens (including phenoxy) is 1. The third-order valence-corrected chi connectivity index (χ3v) is 5.61. The van der Waals surface area contributed by atoms with Gasteiger partial charge in [-0.25, -0.2) is 0 Å². The summed E-state index contributed by atoms with van der Waals surface area (Å²) in [4.78, 5) is 21.5. The first-order valence-corrected chi connectivity index (χ1v) is 10.4. The van der Waals surface area contributed by atoms with Crippen LogP contribution in [0.2, 0.25) is 0 Å². The summed E-state index contributed by atoms with van der Waals surface area (Å²) in [5.41, 5.74) is 2.25. The van der Waals surface area contributed by atoms with Gasteiger partial charge in [-0.05, 0) is 30.0 Å². The molecule has 0 unspecified atom stereocenters. The molecule has 1 aromatic carbocycles. The average molecular weight is 409 g/mol. The van der Waals surface area contributed by atoms with Gasteiger partial charge in [-0.15, -0.1) is 10.2 Å². The van der Waals surface area contributed by atoms with E-state index in [2.05, 4.69) is 40.0 Å². The van der Waals surface area contributed by atoms with E-state index < -0.39 is 0 Å². The Morgan fingerprint density at radius 2 is 1.97 bits per heavy atom. The number of rotatable bonds is 6. The maximum Gasteiger partial charge on any atom is 0.256 e. The quantitative estimate of drug-likeness (QED) is 0.624. The highest BCUT2D eigenvalue weighted by Gasteiger charge is 2.23. The van der Waals surface area contributed by atoms with E-state index >= 15 is 0 Å². The van der Waals surface area contributed by atoms with E-state index in [0.717, 1.165) is 42.3 Å². The number of nitrogens with zero attached hydrogens (tertiary/aromatic N) is 6. The Kier molecular flexibility index (Phi) is 5.83. The maximum atomic E-state index is 12.7. The van der Waals surface area contributed by atoms with E-state index in [1.807, 2.05) is 33.6 Å². The molecule has 2 aromatic heterocycles. The van der Waals surface area contributed by atoms with Crippen molar-refractivity contribution in [1.82, 2.24) is 24.5 Å². The molecule has 8 nitrogen and oxygen atoms in total. The molecule has 0 atom stereocenters. The van der Waals surface area contributed by atoms with Gasteiger partial charge >= 0.3 is 0 Å². The number of carbonyl (C=O) groups excluding carboxylic acids is 1. The second-order valence-corrected chi connectivity index (χ2v) is 7.91. The zero-order chi connectivity index (χ0) is 21.1. The number of hydrogen-bond donors (Lipinski definition) is 0. The van der Waals surface area contributed by atoms with Crippen LogP contribution in [0.3, 0.4) is 0 Å². The molecule has 0 saturated carbocycles. The van der Waals surface area contributed by atoms with E-state index in [1.54, 1.807) is 13.4 Å². The summed E-state index contributed by atoms with van der Waals surface area (Å²) in [5.74, 6) is 2.88. The molecule has 3 aromatic rings. The summed E-state index contributed by atoms with van der Waals surface area (Å²) in [7, 11) is 1.66. The summed E-state index contributed by atoms with van der Waals surface area (Å²) in [6.07, 6.45) is 2.94. The molecule has 4 rings (SSSR count). The number of methoxy groups -OCH3 is 1. The molecular weight excluding hydrogens is 380 g/mol. The summed E-state index contributed by atoms with van der Waals surface area (Å²) >= 11 is 0. The fourth-order valence-corrected chi connectivity index (χ4v) is 3.85. The van der Waals surface area contributed by atoms with Crippen LogP contribution in [0.25, 0.3) is 5.78 Å². The lowest BCUT2D eigenvalue weighted by molar-refractivity contribution is -0.131. The Morgan fingerprint density at radius 1 is 1.17 bits per heavy atom. The van der Waals surface area contributed by atoms with Crippen LogP contribution in [0.5, 0.6) is 5.75 Å². The third-order valence-electron chi connectivity index (χ3n) is 5.61. The number of carbonyl (C=O) groups is 1. The molecule has 0 bridgehead atoms. The molecule has 0 spiro atoms. The zero-order valence-corrected chi connectivity index (χ0v) is 17.8. The molecule has 1 saturated heterocycles. The molecule has 1 aliphatic rings. The van der Waals surface area contributed by atoms with Gasteiger partial charge in [-0.2, -0.15) is 4.98 Å². The van der Waals surface area contributed by atoms with Crippen LogP contribution in [0, 0.1) is 0 Å². The first-order valence-electron chi connectivity index (χ1n) is 10.4. The normalized spacial score (nSPS) is 14.5.